The summed E-state index contributed by atoms with van der Waals surface area (Å²) in [5.74, 6) is 0.240. The standard InChI is InChI=1S/C19H19Br2NO/c1-11-17(13-5-3-7-15(20)9-13)22-18(12(2)19(11)23)14-6-4-8-16(21)10-14/h3-12,17-18,22H,1-2H3/t11-,12-,17+,18+/m1/s1. The third-order valence-electron chi connectivity index (χ3n) is 4.67. The van der Waals surface area contributed by atoms with Crippen molar-refractivity contribution in [3.05, 3.63) is 68.6 Å². The lowest BCUT2D eigenvalue weighted by atomic mass is 9.76. The minimum absolute atomic E-state index is 0.0279. The highest BCUT2D eigenvalue weighted by Gasteiger charge is 2.40. The van der Waals surface area contributed by atoms with Crippen LogP contribution in [0.3, 0.4) is 0 Å². The number of carbonyl (C=O) groups is 1. The number of Topliss-reactive ketones (excluding diaryl/α,β-unsaturated/α-hetero) is 1. The van der Waals surface area contributed by atoms with Crippen molar-refractivity contribution in [3.8, 4) is 0 Å². The van der Waals surface area contributed by atoms with Crippen molar-refractivity contribution in [1.29, 1.82) is 0 Å². The third-order valence-corrected chi connectivity index (χ3v) is 5.66. The molecule has 4 heteroatoms. The molecular formula is C19H19Br2NO. The van der Waals surface area contributed by atoms with Crippen molar-refractivity contribution in [3.63, 3.8) is 0 Å². The molecule has 1 fully saturated rings. The topological polar surface area (TPSA) is 29.1 Å². The smallest absolute Gasteiger partial charge is 0.142 e. The van der Waals surface area contributed by atoms with Crippen molar-refractivity contribution in [2.45, 2.75) is 25.9 Å². The van der Waals surface area contributed by atoms with E-state index in [0.29, 0.717) is 5.78 Å². The van der Waals surface area contributed by atoms with Gasteiger partial charge in [-0.2, -0.15) is 0 Å². The molecule has 23 heavy (non-hydrogen) atoms. The number of benzene rings is 2. The molecule has 0 saturated carbocycles. The Morgan fingerprint density at radius 3 is 1.65 bits per heavy atom. The fourth-order valence-corrected chi connectivity index (χ4v) is 4.23. The Bertz CT molecular complexity index is 671. The maximum Gasteiger partial charge on any atom is 0.142 e. The molecule has 1 saturated heterocycles. The van der Waals surface area contributed by atoms with Crippen LogP contribution < -0.4 is 5.32 Å². The van der Waals surface area contributed by atoms with Gasteiger partial charge in [-0.15, -0.1) is 0 Å². The van der Waals surface area contributed by atoms with Crippen molar-refractivity contribution in [1.82, 2.24) is 5.32 Å². The first kappa shape index (κ1) is 16.9. The van der Waals surface area contributed by atoms with E-state index >= 15 is 0 Å². The molecule has 1 aliphatic heterocycles. The SMILES string of the molecule is C[C@H]1C(=O)[C@H](C)[C@@H](c2cccc(Br)c2)N[C@@H]1c1cccc(Br)c1. The number of ketones is 1. The average Bonchev–Trinajstić information content (AvgIpc) is 2.53. The molecule has 0 bridgehead atoms. The largest absolute Gasteiger partial charge is 0.302 e. The van der Waals surface area contributed by atoms with E-state index in [1.807, 2.05) is 38.1 Å². The predicted molar refractivity (Wildman–Crippen MR) is 100 cm³/mol. The highest BCUT2D eigenvalue weighted by molar-refractivity contribution is 9.10. The number of nitrogens with one attached hydrogen (secondary N) is 1. The highest BCUT2D eigenvalue weighted by Crippen LogP contribution is 2.39. The number of rotatable bonds is 2. The second-order valence-corrected chi connectivity index (χ2v) is 8.04. The molecule has 0 aliphatic carbocycles. The van der Waals surface area contributed by atoms with Crippen LogP contribution in [0.25, 0.3) is 0 Å². The third kappa shape index (κ3) is 3.44. The summed E-state index contributed by atoms with van der Waals surface area (Å²) >= 11 is 7.05. The van der Waals surface area contributed by atoms with Crippen molar-refractivity contribution in [2.75, 3.05) is 0 Å². The molecule has 120 valence electrons. The Balaban J connectivity index is 1.97. The van der Waals surface area contributed by atoms with Crippen LogP contribution in [-0.2, 0) is 4.79 Å². The second kappa shape index (κ2) is 6.88. The van der Waals surface area contributed by atoms with Gasteiger partial charge >= 0.3 is 0 Å². The Labute approximate surface area is 153 Å². The number of hydrogen-bond acceptors (Lipinski definition) is 2. The number of hydrogen-bond donors (Lipinski definition) is 1. The quantitative estimate of drug-likeness (QED) is 0.679. The molecule has 0 aromatic heterocycles. The Morgan fingerprint density at radius 1 is 0.826 bits per heavy atom. The molecule has 4 atom stereocenters. The Hall–Kier alpha value is -0.970. The first-order valence-corrected chi connectivity index (χ1v) is 9.36. The van der Waals surface area contributed by atoms with E-state index in [-0.39, 0.29) is 23.9 Å². The fraction of sp³-hybridized carbons (Fsp3) is 0.316. The summed E-state index contributed by atoms with van der Waals surface area (Å²) < 4.78 is 2.07. The molecule has 2 nitrogen and oxygen atoms in total. The molecule has 1 aliphatic rings. The van der Waals surface area contributed by atoms with Gasteiger partial charge in [0.2, 0.25) is 0 Å². The van der Waals surface area contributed by atoms with Crippen molar-refractivity contribution >= 4 is 37.6 Å². The minimum atomic E-state index is -0.0392. The van der Waals surface area contributed by atoms with Gasteiger partial charge in [0, 0.05) is 32.9 Å². The number of piperidine rings is 1. The predicted octanol–water partition coefficient (Wildman–Crippen LogP) is 5.44. The molecule has 1 N–H and O–H groups in total. The highest BCUT2D eigenvalue weighted by atomic mass is 79.9. The van der Waals surface area contributed by atoms with E-state index in [1.165, 1.54) is 0 Å². The lowest BCUT2D eigenvalue weighted by Crippen LogP contribution is -2.46. The maximum atomic E-state index is 12.8. The van der Waals surface area contributed by atoms with Gasteiger partial charge in [-0.3, -0.25) is 4.79 Å². The van der Waals surface area contributed by atoms with Gasteiger partial charge in [0.05, 0.1) is 0 Å². The molecule has 2 aromatic carbocycles. The van der Waals surface area contributed by atoms with Crippen LogP contribution in [0.4, 0.5) is 0 Å². The van der Waals surface area contributed by atoms with Crippen LogP contribution >= 0.6 is 31.9 Å². The van der Waals surface area contributed by atoms with Crippen LogP contribution in [0.2, 0.25) is 0 Å². The summed E-state index contributed by atoms with van der Waals surface area (Å²) in [4.78, 5) is 12.8. The number of carbonyl (C=O) groups excluding carboxylic acids is 1. The molecule has 0 amide bonds. The molecule has 0 spiro atoms. The maximum absolute atomic E-state index is 12.8. The van der Waals surface area contributed by atoms with E-state index in [0.717, 1.165) is 20.1 Å². The summed E-state index contributed by atoms with van der Waals surface area (Å²) in [6.45, 7) is 4.04. The Morgan fingerprint density at radius 2 is 1.26 bits per heavy atom. The van der Waals surface area contributed by atoms with E-state index in [2.05, 4.69) is 61.4 Å². The van der Waals surface area contributed by atoms with E-state index in [4.69, 9.17) is 0 Å². The zero-order valence-electron chi connectivity index (χ0n) is 13.1. The van der Waals surface area contributed by atoms with Gasteiger partial charge in [-0.25, -0.2) is 0 Å². The van der Waals surface area contributed by atoms with Gasteiger partial charge in [0.1, 0.15) is 5.78 Å². The van der Waals surface area contributed by atoms with E-state index in [9.17, 15) is 4.79 Å². The normalized spacial score (nSPS) is 27.9. The summed E-state index contributed by atoms with van der Waals surface area (Å²) in [6.07, 6.45) is 0. The molecular weight excluding hydrogens is 418 g/mol. The van der Waals surface area contributed by atoms with Crippen LogP contribution in [0.5, 0.6) is 0 Å². The van der Waals surface area contributed by atoms with Gasteiger partial charge in [-0.05, 0) is 35.4 Å². The van der Waals surface area contributed by atoms with Crippen molar-refractivity contribution in [2.24, 2.45) is 11.8 Å². The fourth-order valence-electron chi connectivity index (χ4n) is 3.40. The summed E-state index contributed by atoms with van der Waals surface area (Å²) in [5.41, 5.74) is 2.29. The van der Waals surface area contributed by atoms with Crippen LogP contribution in [0.1, 0.15) is 37.1 Å². The molecule has 1 heterocycles. The van der Waals surface area contributed by atoms with Gasteiger partial charge in [0.15, 0.2) is 0 Å². The van der Waals surface area contributed by atoms with E-state index in [1.54, 1.807) is 0 Å². The van der Waals surface area contributed by atoms with Gasteiger partial charge in [0.25, 0.3) is 0 Å². The van der Waals surface area contributed by atoms with Crippen LogP contribution in [0.15, 0.2) is 57.5 Å². The number of halogens is 2. The molecule has 3 rings (SSSR count). The van der Waals surface area contributed by atoms with Gasteiger partial charge in [-0.1, -0.05) is 70.0 Å². The Kier molecular flexibility index (Phi) is 5.04. The second-order valence-electron chi connectivity index (χ2n) is 6.21. The first-order chi connectivity index (χ1) is 11.0. The zero-order valence-corrected chi connectivity index (χ0v) is 16.3. The lowest BCUT2D eigenvalue weighted by molar-refractivity contribution is -0.130. The minimum Gasteiger partial charge on any atom is -0.302 e. The summed E-state index contributed by atoms with van der Waals surface area (Å²) in [6, 6.07) is 16.5. The van der Waals surface area contributed by atoms with Crippen LogP contribution in [-0.4, -0.2) is 5.78 Å². The zero-order chi connectivity index (χ0) is 16.6. The van der Waals surface area contributed by atoms with Crippen LogP contribution in [0, 0.1) is 11.8 Å². The van der Waals surface area contributed by atoms with Crippen molar-refractivity contribution < 1.29 is 4.79 Å². The monoisotopic (exact) mass is 435 g/mol. The molecule has 0 unspecified atom stereocenters. The lowest BCUT2D eigenvalue weighted by Gasteiger charge is -2.39. The molecule has 0 radical (unpaired) electrons. The average molecular weight is 437 g/mol. The van der Waals surface area contributed by atoms with E-state index < -0.39 is 0 Å². The summed E-state index contributed by atoms with van der Waals surface area (Å²) in [7, 11) is 0. The molecule has 2 aromatic rings. The summed E-state index contributed by atoms with van der Waals surface area (Å²) in [5, 5.41) is 3.71. The van der Waals surface area contributed by atoms with Gasteiger partial charge < -0.3 is 5.32 Å². The first-order valence-electron chi connectivity index (χ1n) is 7.78.